The van der Waals surface area contributed by atoms with Crippen LogP contribution < -0.4 is 4.74 Å². The lowest BCUT2D eigenvalue weighted by Crippen LogP contribution is -2.18. The number of esters is 1. The maximum Gasteiger partial charge on any atom is 0.353 e. The molecule has 0 radical (unpaired) electrons. The molecule has 1 heterocycles. The second-order valence-electron chi connectivity index (χ2n) is 12.0. The van der Waals surface area contributed by atoms with Crippen LogP contribution in [0.4, 0.5) is 22.0 Å². The van der Waals surface area contributed by atoms with E-state index in [2.05, 4.69) is 4.74 Å². The SMILES string of the molecule is CC(C)(C)C(=O)SCCOP(=O)(Cc1ccc2sc(C(=O)Oc3c(F)c(F)c(F)c(F)c3F)cc2c1)OCCSC(=O)C(C)(C)C. The summed E-state index contributed by atoms with van der Waals surface area (Å²) < 4.78 is 98.7. The van der Waals surface area contributed by atoms with Crippen molar-refractivity contribution in [3.8, 4) is 5.75 Å². The third kappa shape index (κ3) is 9.86. The molecular formula is C30H32F5O7PS3. The van der Waals surface area contributed by atoms with Gasteiger partial charge in [-0.1, -0.05) is 71.1 Å². The molecule has 0 saturated heterocycles. The first kappa shape index (κ1) is 38.2. The lowest BCUT2D eigenvalue weighted by Gasteiger charge is -2.20. The molecule has 252 valence electrons. The van der Waals surface area contributed by atoms with Gasteiger partial charge in [0.25, 0.3) is 0 Å². The van der Waals surface area contributed by atoms with Crippen LogP contribution in [0.3, 0.4) is 0 Å². The molecule has 0 aliphatic heterocycles. The topological polar surface area (TPSA) is 96.0 Å². The van der Waals surface area contributed by atoms with Crippen molar-refractivity contribution in [3.63, 3.8) is 0 Å². The number of fused-ring (bicyclic) bond motifs is 1. The van der Waals surface area contributed by atoms with Gasteiger partial charge in [0.05, 0.1) is 19.4 Å². The van der Waals surface area contributed by atoms with Crippen molar-refractivity contribution in [1.29, 1.82) is 0 Å². The van der Waals surface area contributed by atoms with E-state index >= 15 is 0 Å². The zero-order chi connectivity index (χ0) is 34.6. The van der Waals surface area contributed by atoms with Crippen molar-refractivity contribution in [1.82, 2.24) is 0 Å². The third-order valence-electron chi connectivity index (χ3n) is 5.96. The summed E-state index contributed by atoms with van der Waals surface area (Å²) in [6, 6.07) is 6.02. The van der Waals surface area contributed by atoms with Gasteiger partial charge in [0.15, 0.2) is 10.2 Å². The Morgan fingerprint density at radius 1 is 0.761 bits per heavy atom. The van der Waals surface area contributed by atoms with Crippen LogP contribution in [0.2, 0.25) is 0 Å². The highest BCUT2D eigenvalue weighted by Crippen LogP contribution is 2.52. The maximum atomic E-state index is 14.0. The quantitative estimate of drug-likeness (QED) is 0.0344. The van der Waals surface area contributed by atoms with E-state index in [9.17, 15) is 40.9 Å². The molecule has 3 rings (SSSR count). The summed E-state index contributed by atoms with van der Waals surface area (Å²) in [5.74, 6) is -14.1. The molecule has 16 heteroatoms. The van der Waals surface area contributed by atoms with Crippen molar-refractivity contribution in [2.75, 3.05) is 24.7 Å². The fourth-order valence-electron chi connectivity index (χ4n) is 3.52. The van der Waals surface area contributed by atoms with Crippen LogP contribution in [0.1, 0.15) is 56.8 Å². The Kier molecular flexibility index (Phi) is 12.7. The zero-order valence-electron chi connectivity index (χ0n) is 25.8. The molecule has 46 heavy (non-hydrogen) atoms. The lowest BCUT2D eigenvalue weighted by molar-refractivity contribution is -0.118. The number of benzene rings is 2. The van der Waals surface area contributed by atoms with Crippen LogP contribution in [-0.4, -0.2) is 40.9 Å². The number of halogens is 5. The van der Waals surface area contributed by atoms with Gasteiger partial charge in [-0.15, -0.1) is 11.3 Å². The minimum atomic E-state index is -3.83. The Morgan fingerprint density at radius 3 is 1.72 bits per heavy atom. The predicted octanol–water partition coefficient (Wildman–Crippen LogP) is 9.15. The Hall–Kier alpha value is -2.29. The van der Waals surface area contributed by atoms with E-state index in [1.807, 2.05) is 0 Å². The maximum absolute atomic E-state index is 14.0. The molecule has 0 aliphatic carbocycles. The molecule has 0 bridgehead atoms. The van der Waals surface area contributed by atoms with Crippen LogP contribution in [-0.2, 0) is 29.4 Å². The predicted molar refractivity (Wildman–Crippen MR) is 170 cm³/mol. The van der Waals surface area contributed by atoms with Gasteiger partial charge in [0.1, 0.15) is 4.88 Å². The average molecular weight is 727 g/mol. The number of hydrogen-bond donors (Lipinski definition) is 0. The minimum Gasteiger partial charge on any atom is -0.416 e. The van der Waals surface area contributed by atoms with Gasteiger partial charge in [0.2, 0.25) is 34.8 Å². The first-order chi connectivity index (χ1) is 21.2. The summed E-state index contributed by atoms with van der Waals surface area (Å²) in [6.07, 6.45) is -0.209. The molecule has 0 saturated carbocycles. The van der Waals surface area contributed by atoms with Gasteiger partial charge in [0, 0.05) is 27.0 Å². The highest BCUT2D eigenvalue weighted by Gasteiger charge is 2.30. The molecule has 3 aromatic rings. The summed E-state index contributed by atoms with van der Waals surface area (Å²) in [5, 5.41) is 0.291. The molecule has 0 unspecified atom stereocenters. The molecule has 0 N–H and O–H groups in total. The summed E-state index contributed by atoms with van der Waals surface area (Å²) in [4.78, 5) is 36.9. The number of thiophene rings is 1. The number of carbonyl (C=O) groups is 3. The first-order valence-electron chi connectivity index (χ1n) is 13.7. The van der Waals surface area contributed by atoms with E-state index in [4.69, 9.17) is 9.05 Å². The first-order valence-corrected chi connectivity index (χ1v) is 18.2. The van der Waals surface area contributed by atoms with Gasteiger partial charge in [-0.2, -0.15) is 8.78 Å². The van der Waals surface area contributed by atoms with Crippen molar-refractivity contribution in [2.45, 2.75) is 47.7 Å². The Bertz CT molecular complexity index is 1610. The smallest absolute Gasteiger partial charge is 0.353 e. The van der Waals surface area contributed by atoms with Gasteiger partial charge >= 0.3 is 13.6 Å². The average Bonchev–Trinajstić information content (AvgIpc) is 3.40. The Labute approximate surface area is 275 Å². The van der Waals surface area contributed by atoms with Gasteiger partial charge in [-0.25, -0.2) is 18.0 Å². The number of carbonyl (C=O) groups excluding carboxylic acids is 3. The molecule has 2 aromatic carbocycles. The summed E-state index contributed by atoms with van der Waals surface area (Å²) in [7, 11) is -3.83. The molecule has 0 atom stereocenters. The van der Waals surface area contributed by atoms with Crippen LogP contribution in [0.15, 0.2) is 24.3 Å². The van der Waals surface area contributed by atoms with E-state index < -0.39 is 59.2 Å². The molecule has 0 aliphatic rings. The van der Waals surface area contributed by atoms with E-state index in [0.29, 0.717) is 15.6 Å². The van der Waals surface area contributed by atoms with Crippen molar-refractivity contribution in [3.05, 3.63) is 63.8 Å². The molecular weight excluding hydrogens is 694 g/mol. The summed E-state index contributed by atoms with van der Waals surface area (Å²) >= 11 is 2.91. The molecule has 0 spiro atoms. The van der Waals surface area contributed by atoms with E-state index in [0.717, 1.165) is 34.9 Å². The van der Waals surface area contributed by atoms with Crippen molar-refractivity contribution in [2.24, 2.45) is 10.8 Å². The fourth-order valence-corrected chi connectivity index (χ4v) is 7.89. The lowest BCUT2D eigenvalue weighted by atomic mass is 9.99. The highest BCUT2D eigenvalue weighted by molar-refractivity contribution is 8.14. The Morgan fingerprint density at radius 2 is 1.24 bits per heavy atom. The monoisotopic (exact) mass is 726 g/mol. The zero-order valence-corrected chi connectivity index (χ0v) is 29.1. The van der Waals surface area contributed by atoms with Crippen LogP contribution in [0, 0.1) is 39.9 Å². The second-order valence-corrected chi connectivity index (χ2v) is 17.3. The van der Waals surface area contributed by atoms with E-state index in [1.54, 1.807) is 59.7 Å². The molecule has 1 aromatic heterocycles. The number of rotatable bonds is 12. The van der Waals surface area contributed by atoms with Crippen LogP contribution in [0.25, 0.3) is 10.1 Å². The van der Waals surface area contributed by atoms with Crippen LogP contribution in [0.5, 0.6) is 5.75 Å². The van der Waals surface area contributed by atoms with Gasteiger partial charge in [-0.3, -0.25) is 14.2 Å². The third-order valence-corrected chi connectivity index (χ3v) is 11.4. The van der Waals surface area contributed by atoms with Crippen molar-refractivity contribution < 1.29 is 54.7 Å². The normalized spacial score (nSPS) is 12.5. The number of thioether (sulfide) groups is 2. The van der Waals surface area contributed by atoms with E-state index in [1.165, 1.54) is 6.07 Å². The van der Waals surface area contributed by atoms with Crippen LogP contribution >= 0.6 is 42.5 Å². The van der Waals surface area contributed by atoms with E-state index in [-0.39, 0.29) is 46.0 Å². The Balaban J connectivity index is 1.77. The van der Waals surface area contributed by atoms with Gasteiger partial charge in [-0.05, 0) is 29.1 Å². The minimum absolute atomic E-state index is 0.0633. The molecule has 7 nitrogen and oxygen atoms in total. The standard InChI is InChI=1S/C30H32F5O7PS3/c1-29(2,3)27(37)44-11-9-40-43(39,41-10-12-45-28(38)30(4,5)6)15-16-7-8-18-17(13-16)14-19(46-18)26(36)42-25-23(34)21(32)20(31)22(33)24(25)35/h7-8,13-14H,9-12,15H2,1-6H3. The summed E-state index contributed by atoms with van der Waals surface area (Å²) in [5.41, 5.74) is -0.682. The van der Waals surface area contributed by atoms with Crippen molar-refractivity contribution >= 4 is 68.7 Å². The number of ether oxygens (including phenoxy) is 1. The highest BCUT2D eigenvalue weighted by atomic mass is 32.2. The second kappa shape index (κ2) is 15.3. The largest absolute Gasteiger partial charge is 0.416 e. The summed E-state index contributed by atoms with van der Waals surface area (Å²) in [6.45, 7) is 10.5. The molecule has 0 amide bonds. The van der Waals surface area contributed by atoms with Gasteiger partial charge < -0.3 is 13.8 Å². The number of hydrogen-bond acceptors (Lipinski definition) is 10. The molecule has 0 fully saturated rings. The fraction of sp³-hybridized carbons (Fsp3) is 0.433.